The van der Waals surface area contributed by atoms with Crippen LogP contribution in [0.15, 0.2) is 16.6 Å². The lowest BCUT2D eigenvalue weighted by molar-refractivity contribution is -0.137. The van der Waals surface area contributed by atoms with Crippen LogP contribution in [-0.2, 0) is 9.53 Å². The minimum Gasteiger partial charge on any atom is -0.481 e. The number of carboxylic acid groups (broad SMARTS) is 1. The van der Waals surface area contributed by atoms with Crippen molar-refractivity contribution in [3.05, 3.63) is 22.2 Å². The first-order chi connectivity index (χ1) is 10.7. The maximum atomic E-state index is 12.0. The largest absolute Gasteiger partial charge is 0.481 e. The van der Waals surface area contributed by atoms with Gasteiger partial charge < -0.3 is 24.6 Å². The fourth-order valence-corrected chi connectivity index (χ4v) is 2.66. The summed E-state index contributed by atoms with van der Waals surface area (Å²) in [5.41, 5.74) is -0.105. The van der Waals surface area contributed by atoms with Gasteiger partial charge in [-0.2, -0.15) is 0 Å². The molecule has 0 spiro atoms. The molecular formula is C15H18BrNO6. The molecule has 2 rings (SSSR count). The number of ether oxygens (including phenoxy) is 3. The van der Waals surface area contributed by atoms with E-state index in [2.05, 4.69) is 21.2 Å². The number of carbonyl (C=O) groups is 2. The lowest BCUT2D eigenvalue weighted by Crippen LogP contribution is -2.36. The van der Waals surface area contributed by atoms with E-state index in [1.807, 2.05) is 0 Å². The summed E-state index contributed by atoms with van der Waals surface area (Å²) in [6.07, 6.45) is -0.981. The molecule has 8 heteroatoms. The summed E-state index contributed by atoms with van der Waals surface area (Å²) in [5, 5.41) is 11.7. The number of carboxylic acids is 1. The van der Waals surface area contributed by atoms with Crippen LogP contribution >= 0.6 is 15.9 Å². The Morgan fingerprint density at radius 3 is 2.52 bits per heavy atom. The van der Waals surface area contributed by atoms with Crippen molar-refractivity contribution in [1.29, 1.82) is 0 Å². The zero-order chi connectivity index (χ0) is 17.2. The molecule has 126 valence electrons. The van der Waals surface area contributed by atoms with Crippen molar-refractivity contribution >= 4 is 28.0 Å². The molecule has 0 saturated carbocycles. The average molecular weight is 388 g/mol. The van der Waals surface area contributed by atoms with Gasteiger partial charge >= 0.3 is 12.1 Å². The molecule has 1 aromatic carbocycles. The molecule has 23 heavy (non-hydrogen) atoms. The van der Waals surface area contributed by atoms with E-state index < -0.39 is 23.7 Å². The highest BCUT2D eigenvalue weighted by molar-refractivity contribution is 9.10. The fraction of sp³-hybridized carbons (Fsp3) is 0.467. The number of benzene rings is 1. The number of fused-ring (bicyclic) bond motifs is 1. The zero-order valence-corrected chi connectivity index (χ0v) is 14.6. The number of hydrogen-bond donors (Lipinski definition) is 2. The Labute approximate surface area is 142 Å². The van der Waals surface area contributed by atoms with Gasteiger partial charge in [0.05, 0.1) is 12.5 Å². The number of amides is 1. The Balaban J connectivity index is 2.25. The first kappa shape index (κ1) is 17.4. The SMILES string of the molecule is CC(C)(C)OC(=O)NC(CC(=O)O)c1cc2c(cc1Br)OCO2. The molecule has 0 fully saturated rings. The molecule has 2 N–H and O–H groups in total. The molecular weight excluding hydrogens is 370 g/mol. The fourth-order valence-electron chi connectivity index (χ4n) is 2.06. The van der Waals surface area contributed by atoms with Crippen molar-refractivity contribution in [2.24, 2.45) is 0 Å². The van der Waals surface area contributed by atoms with Crippen molar-refractivity contribution < 1.29 is 28.9 Å². The zero-order valence-electron chi connectivity index (χ0n) is 13.0. The van der Waals surface area contributed by atoms with Gasteiger partial charge in [-0.25, -0.2) is 4.79 Å². The third-order valence-electron chi connectivity index (χ3n) is 2.94. The van der Waals surface area contributed by atoms with Crippen LogP contribution in [0.3, 0.4) is 0 Å². The summed E-state index contributed by atoms with van der Waals surface area (Å²) in [6.45, 7) is 5.30. The molecule has 1 heterocycles. The van der Waals surface area contributed by atoms with Crippen molar-refractivity contribution in [2.45, 2.75) is 38.8 Å². The van der Waals surface area contributed by atoms with Crippen LogP contribution in [0, 0.1) is 0 Å². The summed E-state index contributed by atoms with van der Waals surface area (Å²) in [6, 6.07) is 2.56. The van der Waals surface area contributed by atoms with Gasteiger partial charge in [0.1, 0.15) is 5.60 Å². The molecule has 0 radical (unpaired) electrons. The van der Waals surface area contributed by atoms with E-state index >= 15 is 0 Å². The predicted octanol–water partition coefficient (Wildman–Crippen LogP) is 3.22. The average Bonchev–Trinajstić information content (AvgIpc) is 2.80. The number of rotatable bonds is 4. The smallest absolute Gasteiger partial charge is 0.408 e. The van der Waals surface area contributed by atoms with E-state index in [0.29, 0.717) is 21.5 Å². The molecule has 1 unspecified atom stereocenters. The lowest BCUT2D eigenvalue weighted by Gasteiger charge is -2.24. The summed E-state index contributed by atoms with van der Waals surface area (Å²) < 4.78 is 16.4. The predicted molar refractivity (Wildman–Crippen MR) is 84.6 cm³/mol. The lowest BCUT2D eigenvalue weighted by atomic mass is 10.0. The molecule has 7 nitrogen and oxygen atoms in total. The van der Waals surface area contributed by atoms with Gasteiger partial charge in [0, 0.05) is 4.47 Å². The highest BCUT2D eigenvalue weighted by Crippen LogP contribution is 2.39. The molecule has 1 aromatic rings. The van der Waals surface area contributed by atoms with E-state index in [0.717, 1.165) is 0 Å². The molecule has 1 aliphatic heterocycles. The standard InChI is InChI=1S/C15H18BrNO6/c1-15(2,3)23-14(20)17-10(6-13(18)19)8-4-11-12(5-9(8)16)22-7-21-11/h4-5,10H,6-7H2,1-3H3,(H,17,20)(H,18,19). The summed E-state index contributed by atoms with van der Waals surface area (Å²) >= 11 is 3.37. The van der Waals surface area contributed by atoms with Crippen molar-refractivity contribution in [3.8, 4) is 11.5 Å². The second kappa shape index (κ2) is 6.66. The Hall–Kier alpha value is -1.96. The van der Waals surface area contributed by atoms with Crippen LogP contribution in [0.5, 0.6) is 11.5 Å². The molecule has 0 aliphatic carbocycles. The number of nitrogens with one attached hydrogen (secondary N) is 1. The van der Waals surface area contributed by atoms with Gasteiger partial charge in [-0.05, 0) is 38.5 Å². The summed E-state index contributed by atoms with van der Waals surface area (Å²) in [5.74, 6) is 0.0205. The second-order valence-electron chi connectivity index (χ2n) is 6.02. The number of carbonyl (C=O) groups excluding carboxylic acids is 1. The van der Waals surface area contributed by atoms with Gasteiger partial charge in [-0.1, -0.05) is 15.9 Å². The normalized spacial score (nSPS) is 14.3. The van der Waals surface area contributed by atoms with Gasteiger partial charge in [0.15, 0.2) is 11.5 Å². The highest BCUT2D eigenvalue weighted by Gasteiger charge is 2.26. The first-order valence-corrected chi connectivity index (χ1v) is 7.75. The molecule has 1 aliphatic rings. The minimum atomic E-state index is -1.05. The van der Waals surface area contributed by atoms with Crippen LogP contribution in [0.1, 0.15) is 38.8 Å². The summed E-state index contributed by atoms with van der Waals surface area (Å²) in [4.78, 5) is 23.1. The van der Waals surface area contributed by atoms with Crippen LogP contribution < -0.4 is 14.8 Å². The maximum absolute atomic E-state index is 12.0. The monoisotopic (exact) mass is 387 g/mol. The second-order valence-corrected chi connectivity index (χ2v) is 6.88. The first-order valence-electron chi connectivity index (χ1n) is 6.96. The Kier molecular flexibility index (Phi) is 5.03. The topological polar surface area (TPSA) is 94.1 Å². The highest BCUT2D eigenvalue weighted by atomic mass is 79.9. The Bertz CT molecular complexity index is 625. The van der Waals surface area contributed by atoms with E-state index in [9.17, 15) is 9.59 Å². The van der Waals surface area contributed by atoms with E-state index in [1.165, 1.54) is 0 Å². The van der Waals surface area contributed by atoms with Crippen molar-refractivity contribution in [3.63, 3.8) is 0 Å². The molecule has 1 atom stereocenters. The van der Waals surface area contributed by atoms with Gasteiger partial charge in [0.2, 0.25) is 6.79 Å². The number of hydrogen-bond acceptors (Lipinski definition) is 5. The molecule has 1 amide bonds. The van der Waals surface area contributed by atoms with Crippen molar-refractivity contribution in [2.75, 3.05) is 6.79 Å². The molecule has 0 bridgehead atoms. The number of aliphatic carboxylic acids is 1. The molecule has 0 aromatic heterocycles. The third kappa shape index (κ3) is 4.75. The van der Waals surface area contributed by atoms with Crippen LogP contribution in [0.4, 0.5) is 4.79 Å². The van der Waals surface area contributed by atoms with E-state index in [1.54, 1.807) is 32.9 Å². The minimum absolute atomic E-state index is 0.105. The summed E-state index contributed by atoms with van der Waals surface area (Å²) in [7, 11) is 0. The van der Waals surface area contributed by atoms with Gasteiger partial charge in [-0.15, -0.1) is 0 Å². The third-order valence-corrected chi connectivity index (χ3v) is 3.62. The maximum Gasteiger partial charge on any atom is 0.408 e. The van der Waals surface area contributed by atoms with Crippen LogP contribution in [-0.4, -0.2) is 29.6 Å². The van der Waals surface area contributed by atoms with E-state index in [4.69, 9.17) is 19.3 Å². The van der Waals surface area contributed by atoms with Gasteiger partial charge in [0.25, 0.3) is 0 Å². The number of alkyl carbamates (subject to hydrolysis) is 1. The van der Waals surface area contributed by atoms with Crippen LogP contribution in [0.2, 0.25) is 0 Å². The number of halogens is 1. The van der Waals surface area contributed by atoms with Gasteiger partial charge in [-0.3, -0.25) is 4.79 Å². The Morgan fingerprint density at radius 1 is 1.35 bits per heavy atom. The van der Waals surface area contributed by atoms with Crippen LogP contribution in [0.25, 0.3) is 0 Å². The molecule has 0 saturated heterocycles. The Morgan fingerprint density at radius 2 is 1.96 bits per heavy atom. The quantitative estimate of drug-likeness (QED) is 0.823. The van der Waals surface area contributed by atoms with E-state index in [-0.39, 0.29) is 13.2 Å². The van der Waals surface area contributed by atoms with Crippen molar-refractivity contribution in [1.82, 2.24) is 5.32 Å².